The summed E-state index contributed by atoms with van der Waals surface area (Å²) >= 11 is 0. The Hall–Kier alpha value is -1.13. The van der Waals surface area contributed by atoms with Crippen LogP contribution in [0.25, 0.3) is 0 Å². The van der Waals surface area contributed by atoms with Gasteiger partial charge in [0.25, 0.3) is 0 Å². The molecule has 0 aliphatic rings. The van der Waals surface area contributed by atoms with Crippen LogP contribution in [0, 0.1) is 5.82 Å². The van der Waals surface area contributed by atoms with Crippen LogP contribution >= 0.6 is 0 Å². The number of benzene rings is 1. The molecule has 3 N–H and O–H groups in total. The molecule has 0 radical (unpaired) electrons. The van der Waals surface area contributed by atoms with Crippen LogP contribution in [0.3, 0.4) is 0 Å². The first kappa shape index (κ1) is 12.9. The number of ether oxygens (including phenoxy) is 1. The second-order valence-corrected chi connectivity index (χ2v) is 4.03. The summed E-state index contributed by atoms with van der Waals surface area (Å²) in [5, 5.41) is 9.34. The summed E-state index contributed by atoms with van der Waals surface area (Å²) in [6.45, 7) is 5.15. The number of hydrogen-bond acceptors (Lipinski definition) is 3. The Morgan fingerprint density at radius 1 is 1.31 bits per heavy atom. The molecule has 1 aromatic rings. The van der Waals surface area contributed by atoms with Gasteiger partial charge in [0.2, 0.25) is 0 Å². The van der Waals surface area contributed by atoms with E-state index in [2.05, 4.69) is 0 Å². The second-order valence-electron chi connectivity index (χ2n) is 4.03. The van der Waals surface area contributed by atoms with Gasteiger partial charge in [-0.15, -0.1) is 0 Å². The zero-order valence-electron chi connectivity index (χ0n) is 9.77. The lowest BCUT2D eigenvalue weighted by Gasteiger charge is -2.20. The molecule has 0 bridgehead atoms. The van der Waals surface area contributed by atoms with Crippen LogP contribution in [-0.2, 0) is 0 Å². The molecule has 0 aliphatic carbocycles. The first-order valence-electron chi connectivity index (χ1n) is 5.31. The highest BCUT2D eigenvalue weighted by atomic mass is 19.1. The average Bonchev–Trinajstić information content (AvgIpc) is 2.20. The van der Waals surface area contributed by atoms with Gasteiger partial charge in [-0.1, -0.05) is 0 Å². The van der Waals surface area contributed by atoms with Crippen LogP contribution in [0.4, 0.5) is 4.39 Å². The third-order valence-electron chi connectivity index (χ3n) is 2.45. The van der Waals surface area contributed by atoms with Gasteiger partial charge in [-0.25, -0.2) is 4.39 Å². The molecule has 0 spiro atoms. The zero-order valence-corrected chi connectivity index (χ0v) is 9.77. The molecule has 0 amide bonds. The topological polar surface area (TPSA) is 55.5 Å². The molecular weight excluding hydrogens is 209 g/mol. The molecule has 0 aliphatic heterocycles. The highest BCUT2D eigenvalue weighted by Gasteiger charge is 2.15. The minimum Gasteiger partial charge on any atom is -0.488 e. The van der Waals surface area contributed by atoms with Crippen LogP contribution < -0.4 is 10.5 Å². The minimum absolute atomic E-state index is 0.313. The van der Waals surface area contributed by atoms with Gasteiger partial charge < -0.3 is 15.6 Å². The van der Waals surface area contributed by atoms with Crippen LogP contribution in [0.2, 0.25) is 0 Å². The molecule has 0 saturated heterocycles. The average molecular weight is 227 g/mol. The van der Waals surface area contributed by atoms with E-state index < -0.39 is 6.10 Å². The number of rotatable bonds is 4. The molecule has 3 nitrogen and oxygen atoms in total. The quantitative estimate of drug-likeness (QED) is 0.827. The summed E-state index contributed by atoms with van der Waals surface area (Å²) in [7, 11) is 0. The van der Waals surface area contributed by atoms with Gasteiger partial charge in [-0.05, 0) is 39.0 Å². The van der Waals surface area contributed by atoms with E-state index in [-0.39, 0.29) is 18.0 Å². The van der Waals surface area contributed by atoms with Crippen molar-refractivity contribution in [3.63, 3.8) is 0 Å². The Kier molecular flexibility index (Phi) is 4.26. The van der Waals surface area contributed by atoms with Crippen molar-refractivity contribution in [1.29, 1.82) is 0 Å². The molecule has 0 saturated carbocycles. The number of aliphatic hydroxyl groups is 1. The fourth-order valence-corrected chi connectivity index (χ4v) is 1.28. The molecule has 0 heterocycles. The lowest BCUT2D eigenvalue weighted by Crippen LogP contribution is -2.26. The maximum absolute atomic E-state index is 13.0. The summed E-state index contributed by atoms with van der Waals surface area (Å²) in [5.41, 5.74) is 6.33. The second kappa shape index (κ2) is 5.27. The standard InChI is InChI=1S/C12H18FNO2/c1-7(14)11-6-10(13)4-5-12(11)16-9(3)8(2)15/h4-9,15H,14H2,1-3H3/t7-,8?,9?/m0/s1. The van der Waals surface area contributed by atoms with Crippen molar-refractivity contribution in [1.82, 2.24) is 0 Å². The van der Waals surface area contributed by atoms with E-state index in [4.69, 9.17) is 10.5 Å². The number of halogens is 1. The maximum atomic E-state index is 13.0. The Morgan fingerprint density at radius 3 is 2.44 bits per heavy atom. The van der Waals surface area contributed by atoms with Gasteiger partial charge in [0.05, 0.1) is 6.10 Å². The fraction of sp³-hybridized carbons (Fsp3) is 0.500. The molecule has 0 aromatic heterocycles. The van der Waals surface area contributed by atoms with Crippen molar-refractivity contribution in [2.75, 3.05) is 0 Å². The minimum atomic E-state index is -0.592. The summed E-state index contributed by atoms with van der Waals surface area (Å²) in [6.07, 6.45) is -0.950. The molecular formula is C12H18FNO2. The SMILES string of the molecule is CC(O)C(C)Oc1ccc(F)cc1[C@H](C)N. The van der Waals surface area contributed by atoms with Crippen LogP contribution in [-0.4, -0.2) is 17.3 Å². The molecule has 90 valence electrons. The Balaban J connectivity index is 2.95. The molecule has 16 heavy (non-hydrogen) atoms. The lowest BCUT2D eigenvalue weighted by atomic mass is 10.1. The van der Waals surface area contributed by atoms with Crippen LogP contribution in [0.1, 0.15) is 32.4 Å². The van der Waals surface area contributed by atoms with E-state index in [0.717, 1.165) is 0 Å². The van der Waals surface area contributed by atoms with Crippen LogP contribution in [0.5, 0.6) is 5.75 Å². The van der Waals surface area contributed by atoms with E-state index >= 15 is 0 Å². The smallest absolute Gasteiger partial charge is 0.124 e. The van der Waals surface area contributed by atoms with Crippen molar-refractivity contribution < 1.29 is 14.2 Å². The Labute approximate surface area is 95.0 Å². The molecule has 1 rings (SSSR count). The predicted molar refractivity (Wildman–Crippen MR) is 60.8 cm³/mol. The first-order valence-corrected chi connectivity index (χ1v) is 5.31. The third kappa shape index (κ3) is 3.18. The Morgan fingerprint density at radius 2 is 1.94 bits per heavy atom. The van der Waals surface area contributed by atoms with Crippen molar-refractivity contribution in [3.8, 4) is 5.75 Å². The Bertz CT molecular complexity index is 353. The lowest BCUT2D eigenvalue weighted by molar-refractivity contribution is 0.0596. The number of aliphatic hydroxyl groups excluding tert-OH is 1. The molecule has 3 atom stereocenters. The first-order chi connectivity index (χ1) is 7.41. The van der Waals surface area contributed by atoms with E-state index in [9.17, 15) is 9.50 Å². The summed E-state index contributed by atoms with van der Waals surface area (Å²) in [4.78, 5) is 0. The van der Waals surface area contributed by atoms with Crippen molar-refractivity contribution in [2.24, 2.45) is 5.73 Å². The third-order valence-corrected chi connectivity index (χ3v) is 2.45. The highest BCUT2D eigenvalue weighted by Crippen LogP contribution is 2.26. The number of hydrogen-bond donors (Lipinski definition) is 2. The van der Waals surface area contributed by atoms with E-state index in [0.29, 0.717) is 11.3 Å². The predicted octanol–water partition coefficient (Wildman–Crippen LogP) is 1.99. The summed E-state index contributed by atoms with van der Waals surface area (Å²) < 4.78 is 18.6. The highest BCUT2D eigenvalue weighted by molar-refractivity contribution is 5.36. The molecule has 1 aromatic carbocycles. The van der Waals surface area contributed by atoms with E-state index in [1.807, 2.05) is 0 Å². The van der Waals surface area contributed by atoms with Crippen molar-refractivity contribution >= 4 is 0 Å². The van der Waals surface area contributed by atoms with E-state index in [1.165, 1.54) is 18.2 Å². The van der Waals surface area contributed by atoms with Gasteiger partial charge in [0.1, 0.15) is 17.7 Å². The normalized spacial score (nSPS) is 16.6. The van der Waals surface area contributed by atoms with Crippen molar-refractivity contribution in [2.45, 2.75) is 39.0 Å². The summed E-state index contributed by atoms with van der Waals surface area (Å²) in [6, 6.07) is 3.89. The van der Waals surface area contributed by atoms with Gasteiger partial charge >= 0.3 is 0 Å². The summed E-state index contributed by atoms with van der Waals surface area (Å²) in [5.74, 6) is 0.175. The van der Waals surface area contributed by atoms with Crippen LogP contribution in [0.15, 0.2) is 18.2 Å². The van der Waals surface area contributed by atoms with Crippen molar-refractivity contribution in [3.05, 3.63) is 29.6 Å². The van der Waals surface area contributed by atoms with E-state index in [1.54, 1.807) is 20.8 Å². The largest absolute Gasteiger partial charge is 0.488 e. The number of nitrogens with two attached hydrogens (primary N) is 1. The molecule has 4 heteroatoms. The van der Waals surface area contributed by atoms with Gasteiger partial charge in [-0.2, -0.15) is 0 Å². The molecule has 2 unspecified atom stereocenters. The van der Waals surface area contributed by atoms with Gasteiger partial charge in [-0.3, -0.25) is 0 Å². The monoisotopic (exact) mass is 227 g/mol. The fourth-order valence-electron chi connectivity index (χ4n) is 1.28. The molecule has 0 fully saturated rings. The maximum Gasteiger partial charge on any atom is 0.124 e. The van der Waals surface area contributed by atoms with Gasteiger partial charge in [0, 0.05) is 11.6 Å². The zero-order chi connectivity index (χ0) is 12.3. The van der Waals surface area contributed by atoms with Gasteiger partial charge in [0.15, 0.2) is 0 Å².